The summed E-state index contributed by atoms with van der Waals surface area (Å²) in [5, 5.41) is 13.6. The van der Waals surface area contributed by atoms with Crippen LogP contribution in [0.1, 0.15) is 38.6 Å². The van der Waals surface area contributed by atoms with Crippen LogP contribution in [0.5, 0.6) is 0 Å². The summed E-state index contributed by atoms with van der Waals surface area (Å²) in [6.45, 7) is 6.01. The first kappa shape index (κ1) is 19.9. The van der Waals surface area contributed by atoms with E-state index in [-0.39, 0.29) is 12.6 Å². The van der Waals surface area contributed by atoms with Crippen molar-refractivity contribution in [3.8, 4) is 0 Å². The van der Waals surface area contributed by atoms with Crippen LogP contribution in [-0.4, -0.2) is 54.2 Å². The number of thioether (sulfide) groups is 1. The van der Waals surface area contributed by atoms with Gasteiger partial charge in [-0.05, 0) is 39.0 Å². The summed E-state index contributed by atoms with van der Waals surface area (Å²) in [6.07, 6.45) is 8.01. The minimum absolute atomic E-state index is 0.0991. The number of nitrogens with one attached hydrogen (secondary N) is 1. The predicted molar refractivity (Wildman–Crippen MR) is 118 cm³/mol. The number of nitrogens with zero attached hydrogens (tertiary/aromatic N) is 6. The fourth-order valence-corrected chi connectivity index (χ4v) is 4.48. The number of piperidine rings is 1. The smallest absolute Gasteiger partial charge is 0.227 e. The minimum atomic E-state index is -0.0991. The molecular formula is C20H27N7OS. The molecule has 8 nitrogen and oxygen atoms in total. The number of hydrogen-bond acceptors (Lipinski definition) is 8. The summed E-state index contributed by atoms with van der Waals surface area (Å²) in [4.78, 5) is 20.4. The first-order valence-electron chi connectivity index (χ1n) is 9.94. The highest BCUT2D eigenvalue weighted by atomic mass is 32.2. The fraction of sp³-hybridized carbons (Fsp3) is 0.500. The number of rotatable bonds is 6. The molecule has 0 saturated carbocycles. The van der Waals surface area contributed by atoms with E-state index in [0.29, 0.717) is 17.5 Å². The molecule has 0 aromatic carbocycles. The van der Waals surface area contributed by atoms with Gasteiger partial charge in [-0.3, -0.25) is 0 Å². The second kappa shape index (κ2) is 8.54. The van der Waals surface area contributed by atoms with Crippen LogP contribution >= 0.6 is 11.8 Å². The Balaban J connectivity index is 1.56. The third-order valence-corrected chi connectivity index (χ3v) is 6.40. The molecule has 154 valence electrons. The van der Waals surface area contributed by atoms with Gasteiger partial charge in [0.25, 0.3) is 0 Å². The van der Waals surface area contributed by atoms with E-state index in [4.69, 9.17) is 4.98 Å². The van der Waals surface area contributed by atoms with E-state index < -0.39 is 0 Å². The second-order valence-corrected chi connectivity index (χ2v) is 8.64. The van der Waals surface area contributed by atoms with Crippen LogP contribution in [0.3, 0.4) is 0 Å². The highest BCUT2D eigenvalue weighted by Crippen LogP contribution is 2.26. The van der Waals surface area contributed by atoms with Gasteiger partial charge in [-0.2, -0.15) is 16.7 Å². The molecule has 3 aromatic rings. The lowest BCUT2D eigenvalue weighted by Crippen LogP contribution is -2.35. The van der Waals surface area contributed by atoms with Crippen LogP contribution in [0.15, 0.2) is 24.5 Å². The van der Waals surface area contributed by atoms with E-state index in [1.165, 1.54) is 0 Å². The molecule has 0 amide bonds. The third-order valence-electron chi connectivity index (χ3n) is 5.26. The molecule has 1 saturated heterocycles. The van der Waals surface area contributed by atoms with Crippen LogP contribution in [0.2, 0.25) is 0 Å². The quantitative estimate of drug-likeness (QED) is 0.635. The topological polar surface area (TPSA) is 92.0 Å². The predicted octanol–water partition coefficient (Wildman–Crippen LogP) is 3.37. The largest absolute Gasteiger partial charge is 0.388 e. The van der Waals surface area contributed by atoms with Crippen LogP contribution < -0.4 is 10.2 Å². The molecule has 9 heteroatoms. The Bertz CT molecular complexity index is 982. The van der Waals surface area contributed by atoms with Gasteiger partial charge in [0.2, 0.25) is 5.95 Å². The number of fused-ring (bicyclic) bond motifs is 1. The molecule has 0 unspecified atom stereocenters. The summed E-state index contributed by atoms with van der Waals surface area (Å²) >= 11 is 1.94. The standard InChI is InChI=1S/C20H27N7OS/c1-13(2)27-16-10-18(22-11-15(16)23-19(27)12-28)24-17-4-7-21-20(25-17)26-8-5-14(29-3)6-9-26/h4,7,10-11,13-14,28H,5-6,8-9,12H2,1-3H3,(H,21,22,24,25). The number of aromatic nitrogens is 5. The Kier molecular flexibility index (Phi) is 5.86. The molecule has 0 bridgehead atoms. The Labute approximate surface area is 174 Å². The third kappa shape index (κ3) is 4.16. The van der Waals surface area contributed by atoms with Crippen molar-refractivity contribution in [3.05, 3.63) is 30.4 Å². The normalized spacial score (nSPS) is 15.4. The van der Waals surface area contributed by atoms with Gasteiger partial charge in [0, 0.05) is 36.6 Å². The first-order chi connectivity index (χ1) is 14.1. The number of anilines is 3. The highest BCUT2D eigenvalue weighted by Gasteiger charge is 2.20. The molecule has 0 radical (unpaired) electrons. The Morgan fingerprint density at radius 2 is 2.00 bits per heavy atom. The molecule has 3 aromatic heterocycles. The fourth-order valence-electron chi connectivity index (χ4n) is 3.80. The summed E-state index contributed by atoms with van der Waals surface area (Å²) in [6, 6.07) is 3.99. The van der Waals surface area contributed by atoms with Gasteiger partial charge in [0.15, 0.2) is 0 Å². The molecule has 0 atom stereocenters. The zero-order chi connectivity index (χ0) is 20.4. The van der Waals surface area contributed by atoms with E-state index >= 15 is 0 Å². The molecule has 4 heterocycles. The number of aliphatic hydroxyl groups is 1. The summed E-state index contributed by atoms with van der Waals surface area (Å²) in [7, 11) is 0. The molecule has 1 fully saturated rings. The van der Waals surface area contributed by atoms with Crippen molar-refractivity contribution in [1.82, 2.24) is 24.5 Å². The average molecular weight is 414 g/mol. The van der Waals surface area contributed by atoms with E-state index in [9.17, 15) is 5.11 Å². The van der Waals surface area contributed by atoms with Crippen molar-refractivity contribution in [2.24, 2.45) is 0 Å². The maximum atomic E-state index is 9.62. The van der Waals surface area contributed by atoms with E-state index in [2.05, 4.69) is 45.3 Å². The molecule has 29 heavy (non-hydrogen) atoms. The van der Waals surface area contributed by atoms with E-state index in [1.54, 1.807) is 12.4 Å². The van der Waals surface area contributed by atoms with Crippen LogP contribution in [0.4, 0.5) is 17.6 Å². The summed E-state index contributed by atoms with van der Waals surface area (Å²) in [5.41, 5.74) is 1.71. The zero-order valence-electron chi connectivity index (χ0n) is 17.0. The lowest BCUT2D eigenvalue weighted by Gasteiger charge is -2.31. The summed E-state index contributed by atoms with van der Waals surface area (Å²) in [5.74, 6) is 2.80. The summed E-state index contributed by atoms with van der Waals surface area (Å²) < 4.78 is 2.03. The van der Waals surface area contributed by atoms with Gasteiger partial charge in [-0.25, -0.2) is 15.0 Å². The minimum Gasteiger partial charge on any atom is -0.388 e. The molecule has 0 aliphatic carbocycles. The maximum Gasteiger partial charge on any atom is 0.227 e. The zero-order valence-corrected chi connectivity index (χ0v) is 17.9. The van der Waals surface area contributed by atoms with Crippen molar-refractivity contribution >= 4 is 40.4 Å². The van der Waals surface area contributed by atoms with Crippen molar-refractivity contribution in [1.29, 1.82) is 0 Å². The van der Waals surface area contributed by atoms with Gasteiger partial charge < -0.3 is 19.9 Å². The average Bonchev–Trinajstić information content (AvgIpc) is 3.12. The lowest BCUT2D eigenvalue weighted by atomic mass is 10.1. The molecule has 0 spiro atoms. The van der Waals surface area contributed by atoms with Crippen molar-refractivity contribution < 1.29 is 5.11 Å². The number of pyridine rings is 1. The van der Waals surface area contributed by atoms with Gasteiger partial charge in [0.1, 0.15) is 29.6 Å². The van der Waals surface area contributed by atoms with Crippen LogP contribution in [0, 0.1) is 0 Å². The van der Waals surface area contributed by atoms with Gasteiger partial charge >= 0.3 is 0 Å². The SMILES string of the molecule is CSC1CCN(c2nccc(Nc3cc4c(cn3)nc(CO)n4C(C)C)n2)CC1. The Hall–Kier alpha value is -2.39. The van der Waals surface area contributed by atoms with Crippen LogP contribution in [0.25, 0.3) is 11.0 Å². The van der Waals surface area contributed by atoms with Crippen molar-refractivity contribution in [2.45, 2.75) is 44.6 Å². The van der Waals surface area contributed by atoms with Crippen molar-refractivity contribution in [2.75, 3.05) is 29.6 Å². The van der Waals surface area contributed by atoms with Gasteiger partial charge in [-0.15, -0.1) is 0 Å². The van der Waals surface area contributed by atoms with E-state index in [0.717, 1.165) is 48.2 Å². The maximum absolute atomic E-state index is 9.62. The number of imidazole rings is 1. The molecule has 2 N–H and O–H groups in total. The lowest BCUT2D eigenvalue weighted by molar-refractivity contribution is 0.263. The van der Waals surface area contributed by atoms with Crippen molar-refractivity contribution in [3.63, 3.8) is 0 Å². The number of aliphatic hydroxyl groups excluding tert-OH is 1. The van der Waals surface area contributed by atoms with E-state index in [1.807, 2.05) is 28.5 Å². The Morgan fingerprint density at radius 1 is 1.21 bits per heavy atom. The molecule has 4 rings (SSSR count). The first-order valence-corrected chi connectivity index (χ1v) is 11.2. The van der Waals surface area contributed by atoms with Crippen LogP contribution in [-0.2, 0) is 6.61 Å². The molecule has 1 aliphatic rings. The monoisotopic (exact) mass is 413 g/mol. The Morgan fingerprint density at radius 3 is 2.69 bits per heavy atom. The highest BCUT2D eigenvalue weighted by molar-refractivity contribution is 7.99. The number of hydrogen-bond donors (Lipinski definition) is 2. The second-order valence-electron chi connectivity index (χ2n) is 7.50. The van der Waals surface area contributed by atoms with Gasteiger partial charge in [-0.1, -0.05) is 0 Å². The van der Waals surface area contributed by atoms with Gasteiger partial charge in [0.05, 0.1) is 11.7 Å². The molecule has 1 aliphatic heterocycles. The molecular weight excluding hydrogens is 386 g/mol.